The Kier molecular flexibility index (Phi) is 7.50. The minimum Gasteiger partial charge on any atom is -0.382 e. The minimum atomic E-state index is -3.72. The van der Waals surface area contributed by atoms with Crippen molar-refractivity contribution in [2.45, 2.75) is 43.8 Å². The molecule has 0 aromatic carbocycles. The predicted molar refractivity (Wildman–Crippen MR) is 154 cm³/mol. The van der Waals surface area contributed by atoms with Gasteiger partial charge in [0.05, 0.1) is 31.8 Å². The van der Waals surface area contributed by atoms with Gasteiger partial charge in [0.2, 0.25) is 0 Å². The number of nitrogens with zero attached hydrogens (tertiary/aromatic N) is 8. The summed E-state index contributed by atoms with van der Waals surface area (Å²) in [5, 5.41) is 0. The van der Waals surface area contributed by atoms with E-state index >= 15 is 0 Å². The Hall–Kier alpha value is -3.34. The maximum atomic E-state index is 13.7. The van der Waals surface area contributed by atoms with Gasteiger partial charge < -0.3 is 39.0 Å². The topological polar surface area (TPSA) is 229 Å². The van der Waals surface area contributed by atoms with Gasteiger partial charge in [0.1, 0.15) is 60.6 Å². The van der Waals surface area contributed by atoms with E-state index in [0.29, 0.717) is 22.3 Å². The van der Waals surface area contributed by atoms with Crippen molar-refractivity contribution < 1.29 is 36.7 Å². The SMILES string of the molecule is C=C[C@@H]1[C@@H]2O[PH](=O)OC[C@H]3O[C@@H](n4cnc5c(N)ncnc54)[C@H](C)[C@@H]3O[P@@](C)(=O)OC[C@H]2O[C@H]1n1cnc2c(N)ncnc21. The number of imidazole rings is 2. The van der Waals surface area contributed by atoms with Crippen molar-refractivity contribution in [3.63, 3.8) is 0 Å². The molecule has 3 fully saturated rings. The van der Waals surface area contributed by atoms with Crippen LogP contribution in [0.5, 0.6) is 0 Å². The van der Waals surface area contributed by atoms with E-state index in [1.807, 2.05) is 6.92 Å². The Morgan fingerprint density at radius 2 is 1.52 bits per heavy atom. The molecule has 20 heteroatoms. The molecule has 4 aromatic rings. The number of rotatable bonds is 3. The van der Waals surface area contributed by atoms with E-state index < -0.39 is 64.6 Å². The summed E-state index contributed by atoms with van der Waals surface area (Å²) < 4.78 is 66.5. The van der Waals surface area contributed by atoms with Gasteiger partial charge in [0.25, 0.3) is 0 Å². The Labute approximate surface area is 250 Å². The quantitative estimate of drug-likeness (QED) is 0.239. The first kappa shape index (κ1) is 29.4. The molecule has 4 aromatic heterocycles. The Balaban J connectivity index is 1.16. The molecule has 3 aliphatic heterocycles. The highest BCUT2D eigenvalue weighted by atomic mass is 31.2. The molecule has 18 nitrogen and oxygen atoms in total. The first-order valence-electron chi connectivity index (χ1n) is 13.7. The fourth-order valence-electron chi connectivity index (χ4n) is 5.91. The standard InChI is InChI=1S/C24H30N10O8P2/c1-4-12-18-14(40-24(12)34-10-32-16-20(26)28-8-30-22(16)34)6-38-44(3,36)42-17-11(2)23(39-13(17)5-37-43(35)41-18)33-9-31-15-19(25)27-7-29-21(15)33/h4,7-14,17-18,23-24,43H,1,5-6H2,2-3H3,(H2,25,27,29)(H2,26,28,30)/t11-,12-,13-,14-,17+,18+,23-,24-,44+/m1/s1. The molecule has 3 aliphatic rings. The van der Waals surface area contributed by atoms with Crippen LogP contribution in [0.2, 0.25) is 0 Å². The van der Waals surface area contributed by atoms with Crippen molar-refractivity contribution >= 4 is 49.8 Å². The summed E-state index contributed by atoms with van der Waals surface area (Å²) in [4.78, 5) is 25.2. The second-order valence-corrected chi connectivity index (χ2v) is 13.8. The van der Waals surface area contributed by atoms with E-state index in [9.17, 15) is 9.13 Å². The molecular formula is C24H30N10O8P2. The zero-order valence-electron chi connectivity index (χ0n) is 23.6. The second-order valence-electron chi connectivity index (χ2n) is 10.7. The lowest BCUT2D eigenvalue weighted by molar-refractivity contribution is -0.0544. The van der Waals surface area contributed by atoms with Crippen LogP contribution in [0.3, 0.4) is 0 Å². The maximum absolute atomic E-state index is 13.7. The zero-order valence-corrected chi connectivity index (χ0v) is 25.5. The van der Waals surface area contributed by atoms with Crippen LogP contribution in [0.1, 0.15) is 19.4 Å². The Morgan fingerprint density at radius 1 is 0.932 bits per heavy atom. The van der Waals surface area contributed by atoms with Crippen LogP contribution in [0, 0.1) is 11.8 Å². The fraction of sp³-hybridized carbons (Fsp3) is 0.500. The van der Waals surface area contributed by atoms with Gasteiger partial charge in [0, 0.05) is 12.6 Å². The van der Waals surface area contributed by atoms with Crippen LogP contribution in [0.25, 0.3) is 22.3 Å². The minimum absolute atomic E-state index is 0.185. The Bertz CT molecular complexity index is 1800. The highest BCUT2D eigenvalue weighted by Crippen LogP contribution is 2.53. The van der Waals surface area contributed by atoms with Gasteiger partial charge >= 0.3 is 15.9 Å². The average Bonchev–Trinajstić information content (AvgIpc) is 3.75. The van der Waals surface area contributed by atoms with Crippen LogP contribution in [0.15, 0.2) is 38.0 Å². The van der Waals surface area contributed by atoms with E-state index in [0.717, 1.165) is 0 Å². The van der Waals surface area contributed by atoms with Crippen LogP contribution < -0.4 is 11.5 Å². The highest BCUT2D eigenvalue weighted by Gasteiger charge is 2.50. The first-order chi connectivity index (χ1) is 21.1. The molecule has 7 rings (SSSR count). The average molecular weight is 649 g/mol. The smallest absolute Gasteiger partial charge is 0.328 e. The monoisotopic (exact) mass is 648 g/mol. The van der Waals surface area contributed by atoms with Crippen LogP contribution in [-0.2, 0) is 36.7 Å². The fourth-order valence-corrected chi connectivity index (χ4v) is 8.06. The van der Waals surface area contributed by atoms with Gasteiger partial charge in [-0.05, 0) is 0 Å². The first-order valence-corrected chi connectivity index (χ1v) is 16.9. The summed E-state index contributed by atoms with van der Waals surface area (Å²) in [5.74, 6) is -0.523. The lowest BCUT2D eigenvalue weighted by Gasteiger charge is -2.28. The number of hydrogen-bond donors (Lipinski definition) is 2. The number of anilines is 2. The number of nitrogens with two attached hydrogens (primary N) is 2. The zero-order chi connectivity index (χ0) is 30.7. The molecule has 0 radical (unpaired) electrons. The molecule has 44 heavy (non-hydrogen) atoms. The van der Waals surface area contributed by atoms with E-state index in [2.05, 4.69) is 36.5 Å². The summed E-state index contributed by atoms with van der Waals surface area (Å²) in [7, 11) is -6.83. The summed E-state index contributed by atoms with van der Waals surface area (Å²) in [6, 6.07) is 0. The molecule has 4 N–H and O–H groups in total. The number of ether oxygens (including phenoxy) is 2. The molecule has 10 atom stereocenters. The van der Waals surface area contributed by atoms with E-state index in [1.165, 1.54) is 32.0 Å². The third-order valence-corrected chi connectivity index (χ3v) is 10.1. The van der Waals surface area contributed by atoms with E-state index in [4.69, 9.17) is 39.0 Å². The predicted octanol–water partition coefficient (Wildman–Crippen LogP) is 2.09. The molecule has 1 unspecified atom stereocenters. The summed E-state index contributed by atoms with van der Waals surface area (Å²) >= 11 is 0. The van der Waals surface area contributed by atoms with Gasteiger partial charge in [-0.15, -0.1) is 6.58 Å². The lowest BCUT2D eigenvalue weighted by atomic mass is 10.00. The summed E-state index contributed by atoms with van der Waals surface area (Å²) in [6.45, 7) is 6.77. The van der Waals surface area contributed by atoms with E-state index in [1.54, 1.807) is 15.2 Å². The van der Waals surface area contributed by atoms with Crippen molar-refractivity contribution in [3.8, 4) is 0 Å². The molecule has 0 spiro atoms. The summed E-state index contributed by atoms with van der Waals surface area (Å²) in [5.41, 5.74) is 13.6. The molecule has 0 amide bonds. The van der Waals surface area contributed by atoms with Crippen molar-refractivity contribution in [1.29, 1.82) is 0 Å². The molecular weight excluding hydrogens is 618 g/mol. The van der Waals surface area contributed by atoms with Crippen LogP contribution in [-0.4, -0.2) is 83.3 Å². The normalized spacial score (nSPS) is 36.5. The molecule has 0 saturated carbocycles. The largest absolute Gasteiger partial charge is 0.382 e. The van der Waals surface area contributed by atoms with Crippen LogP contribution >= 0.6 is 15.9 Å². The van der Waals surface area contributed by atoms with Crippen molar-refractivity contribution in [3.05, 3.63) is 38.0 Å². The molecule has 3 saturated heterocycles. The number of nitrogen functional groups attached to an aromatic ring is 2. The van der Waals surface area contributed by atoms with Crippen molar-refractivity contribution in [1.82, 2.24) is 39.0 Å². The molecule has 7 heterocycles. The number of aromatic nitrogens is 8. The number of hydrogen-bond acceptors (Lipinski definition) is 16. The van der Waals surface area contributed by atoms with Crippen molar-refractivity contribution in [2.75, 3.05) is 31.3 Å². The van der Waals surface area contributed by atoms with Gasteiger partial charge in [-0.3, -0.25) is 18.3 Å². The highest BCUT2D eigenvalue weighted by molar-refractivity contribution is 7.53. The van der Waals surface area contributed by atoms with Gasteiger partial charge in [-0.2, -0.15) is 0 Å². The third-order valence-electron chi connectivity index (χ3n) is 8.02. The number of fused-ring (bicyclic) bond motifs is 4. The van der Waals surface area contributed by atoms with Gasteiger partial charge in [0.15, 0.2) is 22.9 Å². The van der Waals surface area contributed by atoms with Crippen molar-refractivity contribution in [2.24, 2.45) is 11.8 Å². The lowest BCUT2D eigenvalue weighted by Crippen LogP contribution is -2.34. The third kappa shape index (κ3) is 5.01. The van der Waals surface area contributed by atoms with Crippen LogP contribution in [0.4, 0.5) is 11.6 Å². The van der Waals surface area contributed by atoms with E-state index in [-0.39, 0.29) is 24.8 Å². The molecule has 234 valence electrons. The Morgan fingerprint density at radius 3 is 2.16 bits per heavy atom. The second kappa shape index (κ2) is 11.2. The molecule has 0 bridgehead atoms. The molecule has 0 aliphatic carbocycles. The maximum Gasteiger partial charge on any atom is 0.328 e. The van der Waals surface area contributed by atoms with Gasteiger partial charge in [-0.1, -0.05) is 13.0 Å². The van der Waals surface area contributed by atoms with Gasteiger partial charge in [-0.25, -0.2) is 29.9 Å². The summed E-state index contributed by atoms with van der Waals surface area (Å²) in [6.07, 6.45) is 2.65.